The minimum atomic E-state index is -4.51. The molecule has 2 atom stereocenters. The monoisotopic (exact) mass is 506 g/mol. The van der Waals surface area contributed by atoms with Crippen LogP contribution in [-0.4, -0.2) is 37.2 Å². The Morgan fingerprint density at radius 3 is 2.57 bits per heavy atom. The minimum absolute atomic E-state index is 0.258. The number of aromatic nitrogens is 4. The predicted octanol–water partition coefficient (Wildman–Crippen LogP) is 5.70. The maximum absolute atomic E-state index is 13.3. The second-order valence-electron chi connectivity index (χ2n) is 8.55. The van der Waals surface area contributed by atoms with Gasteiger partial charge in [-0.15, -0.1) is 10.2 Å². The molecule has 1 saturated heterocycles. The highest BCUT2D eigenvalue weighted by Gasteiger charge is 2.35. The van der Waals surface area contributed by atoms with Crippen molar-refractivity contribution in [3.8, 4) is 0 Å². The van der Waals surface area contributed by atoms with E-state index < -0.39 is 17.9 Å². The molecule has 2 amide bonds. The van der Waals surface area contributed by atoms with Crippen LogP contribution in [0.1, 0.15) is 66.7 Å². The van der Waals surface area contributed by atoms with Crippen molar-refractivity contribution in [3.63, 3.8) is 0 Å². The van der Waals surface area contributed by atoms with Crippen LogP contribution >= 0.6 is 11.6 Å². The van der Waals surface area contributed by atoms with Crippen LogP contribution in [0.5, 0.6) is 0 Å². The molecule has 1 aromatic carbocycles. The molecule has 1 aliphatic rings. The molecule has 3 aromatic rings. The number of hydrogen-bond donors (Lipinski definition) is 1. The zero-order chi connectivity index (χ0) is 25.2. The van der Waals surface area contributed by atoms with Crippen molar-refractivity contribution in [3.05, 3.63) is 76.1 Å². The molecule has 11 heteroatoms. The van der Waals surface area contributed by atoms with E-state index in [9.17, 15) is 18.0 Å². The Hall–Kier alpha value is -3.14. The highest BCUT2D eigenvalue weighted by atomic mass is 35.5. The van der Waals surface area contributed by atoms with E-state index in [-0.39, 0.29) is 12.1 Å². The molecule has 0 bridgehead atoms. The van der Waals surface area contributed by atoms with Crippen LogP contribution in [0.2, 0.25) is 5.02 Å². The van der Waals surface area contributed by atoms with Gasteiger partial charge in [-0.05, 0) is 55.5 Å². The number of carbonyl (C=O) groups is 1. The van der Waals surface area contributed by atoms with Crippen molar-refractivity contribution in [1.29, 1.82) is 0 Å². The fraction of sp³-hybridized carbons (Fsp3) is 0.417. The zero-order valence-electron chi connectivity index (χ0n) is 19.4. The van der Waals surface area contributed by atoms with Crippen LogP contribution in [-0.2, 0) is 12.7 Å². The molecule has 0 spiro atoms. The van der Waals surface area contributed by atoms with Gasteiger partial charge in [0.15, 0.2) is 5.82 Å². The minimum Gasteiger partial charge on any atom is -0.331 e. The average Bonchev–Trinajstić information content (AvgIpc) is 3.45. The lowest BCUT2D eigenvalue weighted by Crippen LogP contribution is -2.41. The van der Waals surface area contributed by atoms with Crippen molar-refractivity contribution in [2.45, 2.75) is 57.9 Å². The zero-order valence-corrected chi connectivity index (χ0v) is 20.1. The van der Waals surface area contributed by atoms with E-state index in [1.54, 1.807) is 4.90 Å². The highest BCUT2D eigenvalue weighted by Crippen LogP contribution is 2.33. The van der Waals surface area contributed by atoms with Crippen molar-refractivity contribution in [2.24, 2.45) is 0 Å². The summed E-state index contributed by atoms with van der Waals surface area (Å²) in [5.74, 6) is 1.44. The molecule has 7 nitrogen and oxygen atoms in total. The quantitative estimate of drug-likeness (QED) is 0.465. The Labute approximate surface area is 206 Å². The lowest BCUT2D eigenvalue weighted by molar-refractivity contribution is -0.141. The molecule has 0 unspecified atom stereocenters. The Morgan fingerprint density at radius 2 is 1.94 bits per heavy atom. The van der Waals surface area contributed by atoms with Crippen molar-refractivity contribution >= 4 is 17.6 Å². The molecule has 0 radical (unpaired) electrons. The molecule has 0 saturated carbocycles. The number of amides is 2. The summed E-state index contributed by atoms with van der Waals surface area (Å²) in [6.45, 7) is 4.82. The molecule has 1 fully saturated rings. The van der Waals surface area contributed by atoms with E-state index in [1.807, 2.05) is 42.7 Å². The standard InChI is InChI=1S/C24H26ClF3N6O/c1-3-19(17-8-11-21(29-13-17)24(26,27)28)30-23(35)33-12-4-5-20(33)22-32-31-15(2)34(22)14-16-6-9-18(25)10-7-16/h6-11,13,19-20H,3-5,12,14H2,1-2H3,(H,30,35)/t19-,20+/m0/s1. The first-order chi connectivity index (χ1) is 16.7. The van der Waals surface area contributed by atoms with Crippen LogP contribution < -0.4 is 5.32 Å². The van der Waals surface area contributed by atoms with Gasteiger partial charge in [-0.2, -0.15) is 13.2 Å². The summed E-state index contributed by atoms with van der Waals surface area (Å²) in [6.07, 6.45) is -1.28. The SMILES string of the molecule is CC[C@H](NC(=O)N1CCC[C@@H]1c1nnc(C)n1Cc1ccc(Cl)cc1)c1ccc(C(F)(F)F)nc1. The fourth-order valence-corrected chi connectivity index (χ4v) is 4.45. The first kappa shape index (κ1) is 25.0. The number of halogens is 4. The third-order valence-electron chi connectivity index (χ3n) is 6.22. The maximum atomic E-state index is 13.3. The lowest BCUT2D eigenvalue weighted by Gasteiger charge is -2.27. The molecule has 186 valence electrons. The van der Waals surface area contributed by atoms with Gasteiger partial charge in [-0.1, -0.05) is 36.7 Å². The van der Waals surface area contributed by atoms with E-state index in [0.717, 1.165) is 30.3 Å². The normalized spacial score (nSPS) is 17.0. The van der Waals surface area contributed by atoms with Crippen molar-refractivity contribution < 1.29 is 18.0 Å². The number of nitrogens with zero attached hydrogens (tertiary/aromatic N) is 5. The number of rotatable bonds is 6. The number of nitrogens with one attached hydrogen (secondary N) is 1. The van der Waals surface area contributed by atoms with Crippen LogP contribution in [0.3, 0.4) is 0 Å². The Bertz CT molecular complexity index is 1160. The van der Waals surface area contributed by atoms with Gasteiger partial charge in [0.1, 0.15) is 11.5 Å². The van der Waals surface area contributed by atoms with Gasteiger partial charge in [-0.25, -0.2) is 4.79 Å². The number of hydrogen-bond acceptors (Lipinski definition) is 4. The summed E-state index contributed by atoms with van der Waals surface area (Å²) in [5, 5.41) is 12.2. The highest BCUT2D eigenvalue weighted by molar-refractivity contribution is 6.30. The molecular weight excluding hydrogens is 481 g/mol. The van der Waals surface area contributed by atoms with Gasteiger partial charge in [0, 0.05) is 17.8 Å². The number of alkyl halides is 3. The summed E-state index contributed by atoms with van der Waals surface area (Å²) in [4.78, 5) is 18.5. The summed E-state index contributed by atoms with van der Waals surface area (Å²) in [7, 11) is 0. The second kappa shape index (κ2) is 10.2. The number of carbonyl (C=O) groups excluding carboxylic acids is 1. The number of aryl methyl sites for hydroxylation is 1. The van der Waals surface area contributed by atoms with E-state index in [4.69, 9.17) is 11.6 Å². The summed E-state index contributed by atoms with van der Waals surface area (Å²) in [5.41, 5.74) is 0.595. The summed E-state index contributed by atoms with van der Waals surface area (Å²) < 4.78 is 40.6. The Kier molecular flexibility index (Phi) is 7.30. The van der Waals surface area contributed by atoms with Crippen LogP contribution in [0.15, 0.2) is 42.6 Å². The van der Waals surface area contributed by atoms with Gasteiger partial charge >= 0.3 is 12.2 Å². The Morgan fingerprint density at radius 1 is 1.20 bits per heavy atom. The second-order valence-corrected chi connectivity index (χ2v) is 8.99. The molecule has 3 heterocycles. The lowest BCUT2D eigenvalue weighted by atomic mass is 10.1. The van der Waals surface area contributed by atoms with Crippen molar-refractivity contribution in [2.75, 3.05) is 6.54 Å². The first-order valence-corrected chi connectivity index (χ1v) is 11.8. The van der Waals surface area contributed by atoms with Gasteiger partial charge in [0.05, 0.1) is 18.6 Å². The van der Waals surface area contributed by atoms with E-state index in [0.29, 0.717) is 35.9 Å². The third kappa shape index (κ3) is 5.58. The first-order valence-electron chi connectivity index (χ1n) is 11.4. The van der Waals surface area contributed by atoms with Gasteiger partial charge < -0.3 is 14.8 Å². The fourth-order valence-electron chi connectivity index (χ4n) is 4.32. The van der Waals surface area contributed by atoms with Gasteiger partial charge in [-0.3, -0.25) is 4.98 Å². The van der Waals surface area contributed by atoms with Crippen LogP contribution in [0, 0.1) is 6.92 Å². The molecule has 1 aliphatic heterocycles. The predicted molar refractivity (Wildman–Crippen MR) is 125 cm³/mol. The van der Waals surface area contributed by atoms with Gasteiger partial charge in [0.2, 0.25) is 0 Å². The van der Waals surface area contributed by atoms with E-state index >= 15 is 0 Å². The molecule has 4 rings (SSSR count). The number of urea groups is 1. The number of likely N-dealkylation sites (tertiary alicyclic amines) is 1. The smallest absolute Gasteiger partial charge is 0.331 e. The molecule has 0 aliphatic carbocycles. The number of pyridine rings is 1. The third-order valence-corrected chi connectivity index (χ3v) is 6.47. The molecule has 1 N–H and O–H groups in total. The topological polar surface area (TPSA) is 75.9 Å². The van der Waals surface area contributed by atoms with Crippen molar-refractivity contribution in [1.82, 2.24) is 30.0 Å². The Balaban J connectivity index is 1.51. The molecular formula is C24H26ClF3N6O. The van der Waals surface area contributed by atoms with Crippen LogP contribution in [0.25, 0.3) is 0 Å². The number of benzene rings is 1. The summed E-state index contributed by atoms with van der Waals surface area (Å²) in [6, 6.07) is 8.81. The summed E-state index contributed by atoms with van der Waals surface area (Å²) >= 11 is 6.00. The largest absolute Gasteiger partial charge is 0.433 e. The molecule has 35 heavy (non-hydrogen) atoms. The molecule has 2 aromatic heterocycles. The van der Waals surface area contributed by atoms with Gasteiger partial charge in [0.25, 0.3) is 0 Å². The maximum Gasteiger partial charge on any atom is 0.433 e. The average molecular weight is 507 g/mol. The van der Waals surface area contributed by atoms with Crippen LogP contribution in [0.4, 0.5) is 18.0 Å². The van der Waals surface area contributed by atoms with E-state index in [1.165, 1.54) is 12.3 Å². The van der Waals surface area contributed by atoms with E-state index in [2.05, 4.69) is 20.5 Å².